The molecular weight excluding hydrogens is 250 g/mol. The Bertz CT molecular complexity index is 549. The Kier molecular flexibility index (Phi) is 4.88. The minimum atomic E-state index is 0.630. The summed E-state index contributed by atoms with van der Waals surface area (Å²) in [6.45, 7) is 5.38. The van der Waals surface area contributed by atoms with E-state index in [9.17, 15) is 0 Å². The molecule has 2 rings (SSSR count). The lowest BCUT2D eigenvalue weighted by Crippen LogP contribution is -2.03. The van der Waals surface area contributed by atoms with Crippen LogP contribution in [0.15, 0.2) is 42.5 Å². The molecule has 2 aromatic carbocycles. The maximum Gasteiger partial charge on any atom is 0.165 e. The first kappa shape index (κ1) is 14.3. The van der Waals surface area contributed by atoms with E-state index in [0.717, 1.165) is 22.7 Å². The van der Waals surface area contributed by atoms with Crippen molar-refractivity contribution in [2.24, 2.45) is 0 Å². The summed E-state index contributed by atoms with van der Waals surface area (Å²) in [5.74, 6) is 1.59. The van der Waals surface area contributed by atoms with Crippen LogP contribution < -0.4 is 14.8 Å². The van der Waals surface area contributed by atoms with Gasteiger partial charge in [-0.05, 0) is 32.0 Å². The van der Waals surface area contributed by atoms with Crippen molar-refractivity contribution >= 4 is 5.69 Å². The van der Waals surface area contributed by atoms with Crippen LogP contribution in [0.2, 0.25) is 0 Å². The van der Waals surface area contributed by atoms with E-state index in [-0.39, 0.29) is 0 Å². The van der Waals surface area contributed by atoms with E-state index in [4.69, 9.17) is 9.47 Å². The molecule has 0 bridgehead atoms. The molecule has 106 valence electrons. The number of rotatable bonds is 6. The summed E-state index contributed by atoms with van der Waals surface area (Å²) >= 11 is 0. The summed E-state index contributed by atoms with van der Waals surface area (Å²) < 4.78 is 11.1. The zero-order chi connectivity index (χ0) is 14.4. The molecule has 0 saturated carbocycles. The van der Waals surface area contributed by atoms with Crippen molar-refractivity contribution in [3.05, 3.63) is 53.6 Å². The first-order chi connectivity index (χ1) is 9.74. The number of hydrogen-bond acceptors (Lipinski definition) is 3. The topological polar surface area (TPSA) is 30.5 Å². The number of ether oxygens (including phenoxy) is 2. The second kappa shape index (κ2) is 6.85. The Morgan fingerprint density at radius 1 is 1.05 bits per heavy atom. The quantitative estimate of drug-likeness (QED) is 0.861. The van der Waals surface area contributed by atoms with E-state index in [0.29, 0.717) is 13.2 Å². The van der Waals surface area contributed by atoms with Gasteiger partial charge in [0.25, 0.3) is 0 Å². The fourth-order valence-corrected chi connectivity index (χ4v) is 2.07. The molecule has 3 heteroatoms. The number of nitrogens with one attached hydrogen (secondary N) is 1. The molecular formula is C17H21NO2. The summed E-state index contributed by atoms with van der Waals surface area (Å²) in [6, 6.07) is 14.3. The largest absolute Gasteiger partial charge is 0.493 e. The average Bonchev–Trinajstić information content (AvgIpc) is 2.47. The van der Waals surface area contributed by atoms with Gasteiger partial charge in [-0.25, -0.2) is 0 Å². The smallest absolute Gasteiger partial charge is 0.165 e. The molecule has 0 saturated heterocycles. The fraction of sp³-hybridized carbons (Fsp3) is 0.294. The summed E-state index contributed by atoms with van der Waals surface area (Å²) in [5, 5.41) is 3.40. The monoisotopic (exact) mass is 271 g/mol. The van der Waals surface area contributed by atoms with Crippen molar-refractivity contribution in [3.63, 3.8) is 0 Å². The number of hydrogen-bond donors (Lipinski definition) is 1. The molecule has 0 aromatic heterocycles. The highest BCUT2D eigenvalue weighted by Gasteiger charge is 2.09. The molecule has 0 atom stereocenters. The van der Waals surface area contributed by atoms with Gasteiger partial charge in [-0.2, -0.15) is 0 Å². The van der Waals surface area contributed by atoms with Crippen molar-refractivity contribution in [1.82, 2.24) is 0 Å². The van der Waals surface area contributed by atoms with Crippen molar-refractivity contribution in [1.29, 1.82) is 0 Å². The van der Waals surface area contributed by atoms with E-state index >= 15 is 0 Å². The minimum Gasteiger partial charge on any atom is -0.493 e. The maximum absolute atomic E-state index is 5.58. The van der Waals surface area contributed by atoms with Gasteiger partial charge in [0, 0.05) is 17.8 Å². The predicted molar refractivity (Wildman–Crippen MR) is 82.7 cm³/mol. The Morgan fingerprint density at radius 3 is 2.45 bits per heavy atom. The number of anilines is 1. The molecule has 2 aromatic rings. The third-order valence-corrected chi connectivity index (χ3v) is 3.10. The van der Waals surface area contributed by atoms with E-state index in [1.807, 2.05) is 25.1 Å². The Hall–Kier alpha value is -2.16. The Balaban J connectivity index is 2.12. The molecule has 3 nitrogen and oxygen atoms in total. The SMILES string of the molecule is CCOc1cccc(CNc2ccc(C)cc2)c1OC. The molecule has 20 heavy (non-hydrogen) atoms. The van der Waals surface area contributed by atoms with Crippen LogP contribution in [0.25, 0.3) is 0 Å². The van der Waals surface area contributed by atoms with Crippen molar-refractivity contribution in [2.45, 2.75) is 20.4 Å². The lowest BCUT2D eigenvalue weighted by Gasteiger charge is -2.14. The van der Waals surface area contributed by atoms with Crippen molar-refractivity contribution in [2.75, 3.05) is 19.0 Å². The number of benzene rings is 2. The van der Waals surface area contributed by atoms with Gasteiger partial charge in [0.1, 0.15) is 0 Å². The van der Waals surface area contributed by atoms with Gasteiger partial charge < -0.3 is 14.8 Å². The normalized spacial score (nSPS) is 10.2. The van der Waals surface area contributed by atoms with Gasteiger partial charge >= 0.3 is 0 Å². The maximum atomic E-state index is 5.58. The molecule has 0 aliphatic heterocycles. The van der Waals surface area contributed by atoms with Gasteiger partial charge in [0.2, 0.25) is 0 Å². The summed E-state index contributed by atoms with van der Waals surface area (Å²) in [4.78, 5) is 0. The van der Waals surface area contributed by atoms with Crippen LogP contribution in [0.1, 0.15) is 18.1 Å². The van der Waals surface area contributed by atoms with Crippen molar-refractivity contribution in [3.8, 4) is 11.5 Å². The zero-order valence-corrected chi connectivity index (χ0v) is 12.3. The third kappa shape index (κ3) is 3.44. The van der Waals surface area contributed by atoms with Gasteiger partial charge in [0.05, 0.1) is 13.7 Å². The molecule has 0 unspecified atom stereocenters. The fourth-order valence-electron chi connectivity index (χ4n) is 2.07. The summed E-state index contributed by atoms with van der Waals surface area (Å²) in [6.07, 6.45) is 0. The second-order valence-electron chi connectivity index (χ2n) is 4.60. The Morgan fingerprint density at radius 2 is 1.80 bits per heavy atom. The summed E-state index contributed by atoms with van der Waals surface area (Å²) in [7, 11) is 1.67. The van der Waals surface area contributed by atoms with E-state index < -0.39 is 0 Å². The molecule has 0 fully saturated rings. The first-order valence-electron chi connectivity index (χ1n) is 6.83. The first-order valence-corrected chi connectivity index (χ1v) is 6.83. The average molecular weight is 271 g/mol. The highest BCUT2D eigenvalue weighted by Crippen LogP contribution is 2.31. The van der Waals surface area contributed by atoms with Crippen LogP contribution in [0.3, 0.4) is 0 Å². The molecule has 1 N–H and O–H groups in total. The molecule has 0 radical (unpaired) electrons. The molecule has 0 aliphatic carbocycles. The van der Waals surface area contributed by atoms with Crippen LogP contribution in [-0.2, 0) is 6.54 Å². The number of aryl methyl sites for hydroxylation is 1. The summed E-state index contributed by atoms with van der Waals surface area (Å²) in [5.41, 5.74) is 3.44. The predicted octanol–water partition coefficient (Wildman–Crippen LogP) is 4.01. The number of para-hydroxylation sites is 1. The third-order valence-electron chi connectivity index (χ3n) is 3.10. The van der Waals surface area contributed by atoms with Gasteiger partial charge in [-0.1, -0.05) is 29.8 Å². The number of methoxy groups -OCH3 is 1. The molecule has 0 aliphatic rings. The van der Waals surface area contributed by atoms with Crippen molar-refractivity contribution < 1.29 is 9.47 Å². The highest BCUT2D eigenvalue weighted by molar-refractivity contribution is 5.50. The van der Waals surface area contributed by atoms with Crippen LogP contribution in [-0.4, -0.2) is 13.7 Å². The Labute approximate surface area is 120 Å². The second-order valence-corrected chi connectivity index (χ2v) is 4.60. The van der Waals surface area contributed by atoms with Crippen LogP contribution in [0, 0.1) is 6.92 Å². The molecule has 0 spiro atoms. The minimum absolute atomic E-state index is 0.630. The van der Waals surface area contributed by atoms with Gasteiger partial charge in [-0.15, -0.1) is 0 Å². The van der Waals surface area contributed by atoms with Crippen LogP contribution in [0.5, 0.6) is 11.5 Å². The lowest BCUT2D eigenvalue weighted by molar-refractivity contribution is 0.309. The van der Waals surface area contributed by atoms with Crippen LogP contribution >= 0.6 is 0 Å². The van der Waals surface area contributed by atoms with E-state index in [1.54, 1.807) is 7.11 Å². The van der Waals surface area contributed by atoms with E-state index in [2.05, 4.69) is 36.5 Å². The van der Waals surface area contributed by atoms with Gasteiger partial charge in [-0.3, -0.25) is 0 Å². The molecule has 0 amide bonds. The highest BCUT2D eigenvalue weighted by atomic mass is 16.5. The van der Waals surface area contributed by atoms with Crippen LogP contribution in [0.4, 0.5) is 5.69 Å². The lowest BCUT2D eigenvalue weighted by atomic mass is 10.1. The zero-order valence-electron chi connectivity index (χ0n) is 12.3. The molecule has 0 heterocycles. The standard InChI is InChI=1S/C17H21NO2/c1-4-20-16-7-5-6-14(17(16)19-3)12-18-15-10-8-13(2)9-11-15/h5-11,18H,4,12H2,1-3H3. The van der Waals surface area contributed by atoms with Gasteiger partial charge in [0.15, 0.2) is 11.5 Å². The van der Waals surface area contributed by atoms with E-state index in [1.165, 1.54) is 5.56 Å².